The molecule has 0 aliphatic heterocycles. The molecule has 2 nitrogen and oxygen atoms in total. The Hall–Kier alpha value is -1.35. The Morgan fingerprint density at radius 1 is 1.24 bits per heavy atom. The molecule has 90 valence electrons. The van der Waals surface area contributed by atoms with Gasteiger partial charge in [-0.2, -0.15) is 0 Å². The summed E-state index contributed by atoms with van der Waals surface area (Å²) in [4.78, 5) is 4.55. The van der Waals surface area contributed by atoms with E-state index >= 15 is 0 Å². The second-order valence-electron chi connectivity index (χ2n) is 4.13. The van der Waals surface area contributed by atoms with Crippen molar-refractivity contribution in [1.29, 1.82) is 0 Å². The van der Waals surface area contributed by atoms with Gasteiger partial charge in [-0.15, -0.1) is 11.3 Å². The third-order valence-corrected chi connectivity index (χ3v) is 3.71. The predicted octanol–water partition coefficient (Wildman–Crippen LogP) is 3.67. The number of benzene rings is 1. The third-order valence-electron chi connectivity index (χ3n) is 2.66. The van der Waals surface area contributed by atoms with Gasteiger partial charge in [-0.25, -0.2) is 4.98 Å². The van der Waals surface area contributed by atoms with Crippen molar-refractivity contribution in [3.05, 3.63) is 45.9 Å². The van der Waals surface area contributed by atoms with E-state index in [0.29, 0.717) is 0 Å². The summed E-state index contributed by atoms with van der Waals surface area (Å²) in [6.45, 7) is 5.19. The lowest BCUT2D eigenvalue weighted by Crippen LogP contribution is -2.05. The minimum absolute atomic E-state index is 0.940. The lowest BCUT2D eigenvalue weighted by molar-refractivity contribution is 0.951. The standard InChI is InChI=1S/C14H18N2S/c1-3-14-16-13(10-17-14)8-9-15-12-6-4-11(2)5-7-12/h4-7,10,15H,3,8-9H2,1-2H3. The van der Waals surface area contributed by atoms with Gasteiger partial charge in [0.15, 0.2) is 0 Å². The van der Waals surface area contributed by atoms with Crippen LogP contribution in [0.25, 0.3) is 0 Å². The Morgan fingerprint density at radius 2 is 2.00 bits per heavy atom. The molecule has 17 heavy (non-hydrogen) atoms. The van der Waals surface area contributed by atoms with E-state index < -0.39 is 0 Å². The first-order valence-electron chi connectivity index (χ1n) is 6.01. The average Bonchev–Trinajstić information content (AvgIpc) is 2.80. The van der Waals surface area contributed by atoms with Crippen LogP contribution in [0, 0.1) is 6.92 Å². The number of nitrogens with zero attached hydrogens (tertiary/aromatic N) is 1. The van der Waals surface area contributed by atoms with Crippen LogP contribution in [0.4, 0.5) is 5.69 Å². The summed E-state index contributed by atoms with van der Waals surface area (Å²) in [6, 6.07) is 8.49. The van der Waals surface area contributed by atoms with Crippen LogP contribution in [0.15, 0.2) is 29.6 Å². The van der Waals surface area contributed by atoms with Crippen LogP contribution in [-0.2, 0) is 12.8 Å². The molecule has 0 amide bonds. The molecule has 0 aliphatic carbocycles. The van der Waals surface area contributed by atoms with Gasteiger partial charge in [-0.1, -0.05) is 24.6 Å². The second-order valence-corrected chi connectivity index (χ2v) is 5.07. The van der Waals surface area contributed by atoms with Crippen LogP contribution in [-0.4, -0.2) is 11.5 Å². The Morgan fingerprint density at radius 3 is 2.65 bits per heavy atom. The summed E-state index contributed by atoms with van der Waals surface area (Å²) in [6.07, 6.45) is 2.03. The summed E-state index contributed by atoms with van der Waals surface area (Å²) in [7, 11) is 0. The maximum Gasteiger partial charge on any atom is 0.0925 e. The first kappa shape index (κ1) is 12.1. The van der Waals surface area contributed by atoms with E-state index in [9.17, 15) is 0 Å². The maximum absolute atomic E-state index is 4.55. The van der Waals surface area contributed by atoms with Crippen molar-refractivity contribution < 1.29 is 0 Å². The Bertz CT molecular complexity index is 459. The molecular weight excluding hydrogens is 228 g/mol. The molecule has 0 atom stereocenters. The highest BCUT2D eigenvalue weighted by Crippen LogP contribution is 2.12. The van der Waals surface area contributed by atoms with Crippen LogP contribution in [0.1, 0.15) is 23.2 Å². The summed E-state index contributed by atoms with van der Waals surface area (Å²) >= 11 is 1.76. The van der Waals surface area contributed by atoms with Gasteiger partial charge < -0.3 is 5.32 Å². The van der Waals surface area contributed by atoms with Gasteiger partial charge in [-0.3, -0.25) is 0 Å². The molecule has 1 aromatic heterocycles. The second kappa shape index (κ2) is 5.82. The van der Waals surface area contributed by atoms with Gasteiger partial charge in [0.1, 0.15) is 0 Å². The molecule has 0 spiro atoms. The first-order valence-corrected chi connectivity index (χ1v) is 6.89. The number of nitrogens with one attached hydrogen (secondary N) is 1. The monoisotopic (exact) mass is 246 g/mol. The number of hydrogen-bond donors (Lipinski definition) is 1. The smallest absolute Gasteiger partial charge is 0.0925 e. The maximum atomic E-state index is 4.55. The van der Waals surface area contributed by atoms with E-state index in [-0.39, 0.29) is 0 Å². The summed E-state index contributed by atoms with van der Waals surface area (Å²) in [5.41, 5.74) is 3.68. The average molecular weight is 246 g/mol. The molecule has 0 saturated heterocycles. The molecule has 1 N–H and O–H groups in total. The Labute approximate surface area is 107 Å². The zero-order valence-electron chi connectivity index (χ0n) is 10.4. The van der Waals surface area contributed by atoms with Crippen LogP contribution >= 0.6 is 11.3 Å². The lowest BCUT2D eigenvalue weighted by Gasteiger charge is -2.05. The summed E-state index contributed by atoms with van der Waals surface area (Å²) in [5, 5.41) is 6.81. The van der Waals surface area contributed by atoms with Gasteiger partial charge >= 0.3 is 0 Å². The topological polar surface area (TPSA) is 24.9 Å². The number of aryl methyl sites for hydroxylation is 2. The minimum Gasteiger partial charge on any atom is -0.385 e. The molecule has 0 saturated carbocycles. The number of rotatable bonds is 5. The molecular formula is C14H18N2S. The molecule has 0 bridgehead atoms. The van der Waals surface area contributed by atoms with Gasteiger partial charge in [0.05, 0.1) is 10.7 Å². The fourth-order valence-corrected chi connectivity index (χ4v) is 2.41. The quantitative estimate of drug-likeness (QED) is 0.870. The molecule has 0 fully saturated rings. The minimum atomic E-state index is 0.940. The molecule has 1 heterocycles. The zero-order valence-corrected chi connectivity index (χ0v) is 11.2. The van der Waals surface area contributed by atoms with Crippen LogP contribution in [0.2, 0.25) is 0 Å². The van der Waals surface area contributed by atoms with Crippen molar-refractivity contribution in [3.63, 3.8) is 0 Å². The van der Waals surface area contributed by atoms with Crippen molar-refractivity contribution in [3.8, 4) is 0 Å². The largest absolute Gasteiger partial charge is 0.385 e. The SMILES string of the molecule is CCc1nc(CCNc2ccc(C)cc2)cs1. The highest BCUT2D eigenvalue weighted by atomic mass is 32.1. The van der Waals surface area contributed by atoms with E-state index in [1.54, 1.807) is 11.3 Å². The number of hydrogen-bond acceptors (Lipinski definition) is 3. The van der Waals surface area contributed by atoms with Crippen molar-refractivity contribution in [1.82, 2.24) is 4.98 Å². The number of thiazole rings is 1. The third kappa shape index (κ3) is 3.56. The van der Waals surface area contributed by atoms with Gasteiger partial charge in [0.2, 0.25) is 0 Å². The fraction of sp³-hybridized carbons (Fsp3) is 0.357. The molecule has 3 heteroatoms. The fourth-order valence-electron chi connectivity index (χ4n) is 1.63. The molecule has 1 aromatic carbocycles. The number of aromatic nitrogens is 1. The van der Waals surface area contributed by atoms with Crippen LogP contribution in [0.3, 0.4) is 0 Å². The lowest BCUT2D eigenvalue weighted by atomic mass is 10.2. The van der Waals surface area contributed by atoms with Gasteiger partial charge in [0.25, 0.3) is 0 Å². The van der Waals surface area contributed by atoms with E-state index in [0.717, 1.165) is 19.4 Å². The normalized spacial score (nSPS) is 10.5. The number of anilines is 1. The molecule has 2 rings (SSSR count). The highest BCUT2D eigenvalue weighted by molar-refractivity contribution is 7.09. The Balaban J connectivity index is 1.81. The summed E-state index contributed by atoms with van der Waals surface area (Å²) in [5.74, 6) is 0. The zero-order chi connectivity index (χ0) is 12.1. The van der Waals surface area contributed by atoms with E-state index in [4.69, 9.17) is 0 Å². The molecule has 2 aromatic rings. The Kier molecular flexibility index (Phi) is 4.15. The highest BCUT2D eigenvalue weighted by Gasteiger charge is 1.99. The van der Waals surface area contributed by atoms with Crippen LogP contribution in [0.5, 0.6) is 0 Å². The molecule has 0 radical (unpaired) electrons. The molecule has 0 aliphatic rings. The van der Waals surface area contributed by atoms with Gasteiger partial charge in [-0.05, 0) is 25.5 Å². The van der Waals surface area contributed by atoms with Crippen molar-refractivity contribution in [2.24, 2.45) is 0 Å². The van der Waals surface area contributed by atoms with Crippen LogP contribution < -0.4 is 5.32 Å². The van der Waals surface area contributed by atoms with Gasteiger partial charge in [0, 0.05) is 24.0 Å². The van der Waals surface area contributed by atoms with Crippen molar-refractivity contribution in [2.45, 2.75) is 26.7 Å². The van der Waals surface area contributed by atoms with E-state index in [2.05, 4.69) is 53.8 Å². The molecule has 0 unspecified atom stereocenters. The summed E-state index contributed by atoms with van der Waals surface area (Å²) < 4.78 is 0. The van der Waals surface area contributed by atoms with E-state index in [1.807, 2.05) is 0 Å². The van der Waals surface area contributed by atoms with E-state index in [1.165, 1.54) is 22.0 Å². The predicted molar refractivity (Wildman–Crippen MR) is 74.9 cm³/mol. The first-order chi connectivity index (χ1) is 8.28. The van der Waals surface area contributed by atoms with Crippen molar-refractivity contribution >= 4 is 17.0 Å². The van der Waals surface area contributed by atoms with Crippen molar-refractivity contribution in [2.75, 3.05) is 11.9 Å².